The molecule has 2 aromatic rings. The summed E-state index contributed by atoms with van der Waals surface area (Å²) in [6.07, 6.45) is -4.73. The average Bonchev–Trinajstić information content (AvgIpc) is 2.69. The first-order valence-corrected chi connectivity index (χ1v) is 6.34. The molecule has 0 saturated carbocycles. The summed E-state index contributed by atoms with van der Waals surface area (Å²) in [5.74, 6) is -1.52. The maximum atomic E-state index is 12.7. The zero-order valence-corrected chi connectivity index (χ0v) is 10.3. The third-order valence-electron chi connectivity index (χ3n) is 2.70. The normalized spacial score (nSPS) is 14.0. The van der Waals surface area contributed by atoms with Gasteiger partial charge in [0.2, 0.25) is 0 Å². The zero-order valence-electron chi connectivity index (χ0n) is 9.44. The van der Waals surface area contributed by atoms with Crippen molar-refractivity contribution in [2.45, 2.75) is 19.0 Å². The number of halogens is 3. The van der Waals surface area contributed by atoms with Crippen molar-refractivity contribution in [1.29, 1.82) is 0 Å². The number of alkyl halides is 3. The van der Waals surface area contributed by atoms with Gasteiger partial charge in [0, 0.05) is 13.0 Å². The van der Waals surface area contributed by atoms with E-state index in [4.69, 9.17) is 5.11 Å². The molecule has 0 fully saturated rings. The smallest absolute Gasteiger partial charge is 0.392 e. The second kappa shape index (κ2) is 5.24. The monoisotopic (exact) mass is 275 g/mol. The molecule has 0 saturated heterocycles. The molecule has 2 nitrogen and oxygen atoms in total. The summed E-state index contributed by atoms with van der Waals surface area (Å²) >= 11 is 1.27. The molecule has 0 aliphatic heterocycles. The molecule has 0 spiro atoms. The lowest BCUT2D eigenvalue weighted by Crippen LogP contribution is -2.26. The first-order chi connectivity index (χ1) is 8.50. The van der Waals surface area contributed by atoms with Crippen LogP contribution in [0.4, 0.5) is 13.2 Å². The van der Waals surface area contributed by atoms with Crippen LogP contribution in [0, 0.1) is 5.92 Å². The van der Waals surface area contributed by atoms with Crippen LogP contribution in [0.2, 0.25) is 0 Å². The lowest BCUT2D eigenvalue weighted by molar-refractivity contribution is -0.177. The lowest BCUT2D eigenvalue weighted by Gasteiger charge is -2.17. The Bertz CT molecular complexity index is 490. The second-order valence-electron chi connectivity index (χ2n) is 4.03. The van der Waals surface area contributed by atoms with Crippen LogP contribution in [0.25, 0.3) is 10.2 Å². The van der Waals surface area contributed by atoms with E-state index >= 15 is 0 Å². The molecule has 0 aliphatic carbocycles. The fourth-order valence-corrected chi connectivity index (χ4v) is 2.80. The van der Waals surface area contributed by atoms with Gasteiger partial charge in [0.05, 0.1) is 21.1 Å². The number of aliphatic hydroxyl groups excluding tert-OH is 1. The Hall–Kier alpha value is -1.14. The van der Waals surface area contributed by atoms with Gasteiger partial charge in [-0.2, -0.15) is 13.2 Å². The minimum atomic E-state index is -4.29. The van der Waals surface area contributed by atoms with Crippen molar-refractivity contribution < 1.29 is 18.3 Å². The van der Waals surface area contributed by atoms with Crippen LogP contribution in [-0.2, 0) is 6.42 Å². The summed E-state index contributed by atoms with van der Waals surface area (Å²) in [6.45, 7) is -0.463. The van der Waals surface area contributed by atoms with Crippen molar-refractivity contribution in [2.24, 2.45) is 5.92 Å². The van der Waals surface area contributed by atoms with Crippen molar-refractivity contribution >= 4 is 21.6 Å². The van der Waals surface area contributed by atoms with E-state index in [1.165, 1.54) is 11.3 Å². The molecule has 2 rings (SSSR count). The number of rotatable bonds is 4. The summed E-state index contributed by atoms with van der Waals surface area (Å²) in [5, 5.41) is 9.17. The van der Waals surface area contributed by atoms with Gasteiger partial charge in [-0.25, -0.2) is 4.98 Å². The number of hydrogen-bond donors (Lipinski definition) is 1. The largest absolute Gasteiger partial charge is 0.396 e. The van der Waals surface area contributed by atoms with Gasteiger partial charge in [0.15, 0.2) is 0 Å². The van der Waals surface area contributed by atoms with Crippen LogP contribution >= 0.6 is 11.3 Å². The van der Waals surface area contributed by atoms with E-state index in [-0.39, 0.29) is 12.8 Å². The fraction of sp³-hybridized carbons (Fsp3) is 0.417. The minimum absolute atomic E-state index is 0.163. The van der Waals surface area contributed by atoms with Gasteiger partial charge >= 0.3 is 6.18 Å². The summed E-state index contributed by atoms with van der Waals surface area (Å²) in [5.41, 5.74) is 0.724. The summed E-state index contributed by atoms with van der Waals surface area (Å²) in [4.78, 5) is 4.19. The van der Waals surface area contributed by atoms with Crippen molar-refractivity contribution in [1.82, 2.24) is 4.98 Å². The van der Waals surface area contributed by atoms with Crippen molar-refractivity contribution in [3.05, 3.63) is 29.3 Å². The Kier molecular flexibility index (Phi) is 3.87. The van der Waals surface area contributed by atoms with Gasteiger partial charge in [0.1, 0.15) is 0 Å². The molecular formula is C12H12F3NOS. The highest BCUT2D eigenvalue weighted by Crippen LogP contribution is 2.33. The number of aromatic nitrogens is 1. The highest BCUT2D eigenvalue weighted by molar-refractivity contribution is 7.18. The molecule has 0 amide bonds. The molecule has 1 atom stereocenters. The van der Waals surface area contributed by atoms with E-state index in [1.54, 1.807) is 12.1 Å². The van der Waals surface area contributed by atoms with E-state index in [0.29, 0.717) is 5.01 Å². The van der Waals surface area contributed by atoms with Crippen LogP contribution in [-0.4, -0.2) is 22.9 Å². The maximum absolute atomic E-state index is 12.7. The van der Waals surface area contributed by atoms with Crippen molar-refractivity contribution in [2.75, 3.05) is 6.61 Å². The highest BCUT2D eigenvalue weighted by atomic mass is 32.1. The van der Waals surface area contributed by atoms with Crippen molar-refractivity contribution in [3.8, 4) is 0 Å². The highest BCUT2D eigenvalue weighted by Gasteiger charge is 2.39. The van der Waals surface area contributed by atoms with Crippen LogP contribution in [0.15, 0.2) is 24.3 Å². The molecule has 1 heterocycles. The Morgan fingerprint density at radius 3 is 2.61 bits per heavy atom. The number of para-hydroxylation sites is 1. The topological polar surface area (TPSA) is 33.1 Å². The van der Waals surface area contributed by atoms with Gasteiger partial charge in [0.25, 0.3) is 0 Å². The Labute approximate surface area is 106 Å². The zero-order chi connectivity index (χ0) is 13.2. The summed E-state index contributed by atoms with van der Waals surface area (Å²) in [7, 11) is 0. The summed E-state index contributed by atoms with van der Waals surface area (Å²) in [6, 6.07) is 7.26. The molecular weight excluding hydrogens is 263 g/mol. The standard InChI is InChI=1S/C12H12F3NOS/c13-12(14,15)8(5-6-17)7-11-16-9-3-1-2-4-10(9)18-11/h1-4,8,17H,5-7H2/t8-/m0/s1. The molecule has 0 aliphatic rings. The summed E-state index contributed by atoms with van der Waals surface area (Å²) < 4.78 is 39.0. The molecule has 6 heteroatoms. The third kappa shape index (κ3) is 3.00. The molecule has 0 unspecified atom stereocenters. The SMILES string of the molecule is OCC[C@@H](Cc1nc2ccccc2s1)C(F)(F)F. The first kappa shape index (κ1) is 13.3. The molecule has 18 heavy (non-hydrogen) atoms. The Morgan fingerprint density at radius 1 is 1.28 bits per heavy atom. The molecule has 98 valence electrons. The van der Waals surface area contributed by atoms with Gasteiger partial charge < -0.3 is 5.11 Å². The van der Waals surface area contributed by atoms with E-state index in [1.807, 2.05) is 12.1 Å². The van der Waals surface area contributed by atoms with Crippen LogP contribution < -0.4 is 0 Å². The predicted molar refractivity (Wildman–Crippen MR) is 64.6 cm³/mol. The number of fused-ring (bicyclic) bond motifs is 1. The van der Waals surface area contributed by atoms with Crippen LogP contribution in [0.3, 0.4) is 0 Å². The fourth-order valence-electron chi connectivity index (χ4n) is 1.76. The van der Waals surface area contributed by atoms with Crippen LogP contribution in [0.1, 0.15) is 11.4 Å². The Morgan fingerprint density at radius 2 is 2.00 bits per heavy atom. The number of benzene rings is 1. The van der Waals surface area contributed by atoms with E-state index < -0.39 is 18.7 Å². The molecule has 0 radical (unpaired) electrons. The molecule has 1 aromatic heterocycles. The molecule has 0 bridgehead atoms. The molecule has 1 aromatic carbocycles. The van der Waals surface area contributed by atoms with Gasteiger partial charge in [-0.05, 0) is 18.6 Å². The number of hydrogen-bond acceptors (Lipinski definition) is 3. The lowest BCUT2D eigenvalue weighted by atomic mass is 10.0. The van der Waals surface area contributed by atoms with Gasteiger partial charge in [-0.15, -0.1) is 11.3 Å². The van der Waals surface area contributed by atoms with Gasteiger partial charge in [-0.1, -0.05) is 12.1 Å². The van der Waals surface area contributed by atoms with Gasteiger partial charge in [-0.3, -0.25) is 0 Å². The predicted octanol–water partition coefficient (Wildman–Crippen LogP) is 3.40. The van der Waals surface area contributed by atoms with Crippen LogP contribution in [0.5, 0.6) is 0 Å². The van der Waals surface area contributed by atoms with E-state index in [0.717, 1.165) is 10.2 Å². The third-order valence-corrected chi connectivity index (χ3v) is 3.76. The molecule has 1 N–H and O–H groups in total. The Balaban J connectivity index is 2.20. The number of nitrogens with zero attached hydrogens (tertiary/aromatic N) is 1. The maximum Gasteiger partial charge on any atom is 0.392 e. The minimum Gasteiger partial charge on any atom is -0.396 e. The average molecular weight is 275 g/mol. The second-order valence-corrected chi connectivity index (χ2v) is 5.15. The quantitative estimate of drug-likeness (QED) is 0.927. The number of aliphatic hydroxyl groups is 1. The van der Waals surface area contributed by atoms with E-state index in [9.17, 15) is 13.2 Å². The van der Waals surface area contributed by atoms with E-state index in [2.05, 4.69) is 4.98 Å². The number of thiazole rings is 1. The van der Waals surface area contributed by atoms with Crippen molar-refractivity contribution in [3.63, 3.8) is 0 Å². The first-order valence-electron chi connectivity index (χ1n) is 5.52.